The lowest BCUT2D eigenvalue weighted by Crippen LogP contribution is -2.01. The number of benzene rings is 1. The van der Waals surface area contributed by atoms with Gasteiger partial charge in [-0.3, -0.25) is 0 Å². The van der Waals surface area contributed by atoms with Crippen LogP contribution in [0.4, 0.5) is 4.39 Å². The summed E-state index contributed by atoms with van der Waals surface area (Å²) in [7, 11) is 0. The molecule has 14 heavy (non-hydrogen) atoms. The first-order valence-electron chi connectivity index (χ1n) is 4.38. The van der Waals surface area contributed by atoms with E-state index in [9.17, 15) is 4.39 Å². The first-order valence-corrected chi connectivity index (χ1v) is 5.60. The maximum Gasteiger partial charge on any atom is 0.186 e. The summed E-state index contributed by atoms with van der Waals surface area (Å²) in [6.45, 7) is 1.07. The van der Waals surface area contributed by atoms with Crippen LogP contribution in [-0.4, -0.2) is 19.5 Å². The molecule has 2 nitrogen and oxygen atoms in total. The second-order valence-corrected chi connectivity index (χ2v) is 3.84. The zero-order chi connectivity index (χ0) is 9.97. The molecule has 4 heteroatoms. The summed E-state index contributed by atoms with van der Waals surface area (Å²) in [5.74, 6) is -0.269. The molecule has 0 aliphatic carbocycles. The van der Waals surface area contributed by atoms with Crippen molar-refractivity contribution in [2.24, 2.45) is 0 Å². The van der Waals surface area contributed by atoms with Crippen molar-refractivity contribution in [3.63, 3.8) is 0 Å². The molecule has 0 unspecified atom stereocenters. The predicted octanol–water partition coefficient (Wildman–Crippen LogP) is 2.59. The minimum Gasteiger partial charge on any atom is -0.346 e. The van der Waals surface area contributed by atoms with Crippen molar-refractivity contribution in [1.29, 1.82) is 0 Å². The Morgan fingerprint density at radius 1 is 1.36 bits per heavy atom. The van der Waals surface area contributed by atoms with E-state index in [0.717, 1.165) is 4.90 Å². The lowest BCUT2D eigenvalue weighted by atomic mass is 10.2. The molecule has 2 rings (SSSR count). The topological polar surface area (TPSA) is 18.5 Å². The van der Waals surface area contributed by atoms with Crippen molar-refractivity contribution in [3.8, 4) is 0 Å². The van der Waals surface area contributed by atoms with Crippen LogP contribution in [0.15, 0.2) is 23.1 Å². The Hall–Kier alpha value is -0.580. The Balaban J connectivity index is 2.29. The molecular formula is C10H11FO2S. The van der Waals surface area contributed by atoms with Crippen LogP contribution in [0.5, 0.6) is 0 Å². The summed E-state index contributed by atoms with van der Waals surface area (Å²) in [5, 5.41) is 0. The van der Waals surface area contributed by atoms with Gasteiger partial charge in [-0.15, -0.1) is 11.8 Å². The first kappa shape index (κ1) is 9.96. The molecule has 0 bridgehead atoms. The number of hydrogen-bond donors (Lipinski definition) is 0. The van der Waals surface area contributed by atoms with E-state index in [0.29, 0.717) is 18.8 Å². The average Bonchev–Trinajstić information content (AvgIpc) is 2.71. The lowest BCUT2D eigenvalue weighted by Gasteiger charge is -2.11. The van der Waals surface area contributed by atoms with Crippen molar-refractivity contribution in [2.45, 2.75) is 11.2 Å². The third-order valence-electron chi connectivity index (χ3n) is 2.08. The van der Waals surface area contributed by atoms with E-state index >= 15 is 0 Å². The average molecular weight is 214 g/mol. The van der Waals surface area contributed by atoms with Gasteiger partial charge in [0.2, 0.25) is 0 Å². The quantitative estimate of drug-likeness (QED) is 0.705. The Morgan fingerprint density at radius 2 is 2.07 bits per heavy atom. The fourth-order valence-electron chi connectivity index (χ4n) is 1.37. The SMILES string of the molecule is CSc1ccc(F)c(C2OCCO2)c1. The van der Waals surface area contributed by atoms with E-state index in [1.165, 1.54) is 6.07 Å². The second-order valence-electron chi connectivity index (χ2n) is 2.96. The van der Waals surface area contributed by atoms with Crippen LogP contribution < -0.4 is 0 Å². The van der Waals surface area contributed by atoms with Crippen LogP contribution in [0.3, 0.4) is 0 Å². The molecular weight excluding hydrogens is 203 g/mol. The van der Waals surface area contributed by atoms with Gasteiger partial charge in [0.25, 0.3) is 0 Å². The minimum atomic E-state index is -0.526. The molecule has 1 saturated heterocycles. The highest BCUT2D eigenvalue weighted by molar-refractivity contribution is 7.98. The predicted molar refractivity (Wildman–Crippen MR) is 52.8 cm³/mol. The zero-order valence-corrected chi connectivity index (χ0v) is 8.64. The molecule has 1 fully saturated rings. The van der Waals surface area contributed by atoms with Crippen molar-refractivity contribution in [1.82, 2.24) is 0 Å². The van der Waals surface area contributed by atoms with Crippen LogP contribution in [-0.2, 0) is 9.47 Å². The summed E-state index contributed by atoms with van der Waals surface area (Å²) in [6.07, 6.45) is 1.43. The Labute approximate surface area is 86.4 Å². The van der Waals surface area contributed by atoms with Gasteiger partial charge in [0.1, 0.15) is 5.82 Å². The van der Waals surface area contributed by atoms with Crippen molar-refractivity contribution >= 4 is 11.8 Å². The van der Waals surface area contributed by atoms with Gasteiger partial charge in [-0.1, -0.05) is 0 Å². The molecule has 0 N–H and O–H groups in total. The van der Waals surface area contributed by atoms with Crippen LogP contribution in [0.2, 0.25) is 0 Å². The molecule has 1 aromatic rings. The van der Waals surface area contributed by atoms with E-state index < -0.39 is 6.29 Å². The van der Waals surface area contributed by atoms with E-state index in [-0.39, 0.29) is 5.82 Å². The Morgan fingerprint density at radius 3 is 2.71 bits per heavy atom. The summed E-state index contributed by atoms with van der Waals surface area (Å²) < 4.78 is 23.9. The molecule has 1 heterocycles. The molecule has 1 aromatic carbocycles. The van der Waals surface area contributed by atoms with Crippen LogP contribution in [0, 0.1) is 5.82 Å². The summed E-state index contributed by atoms with van der Waals surface area (Å²) >= 11 is 1.57. The lowest BCUT2D eigenvalue weighted by molar-refractivity contribution is -0.0466. The maximum absolute atomic E-state index is 13.4. The van der Waals surface area contributed by atoms with Crippen LogP contribution >= 0.6 is 11.8 Å². The van der Waals surface area contributed by atoms with Gasteiger partial charge in [0.15, 0.2) is 6.29 Å². The number of halogens is 1. The summed E-state index contributed by atoms with van der Waals surface area (Å²) in [4.78, 5) is 1.01. The van der Waals surface area contributed by atoms with Crippen LogP contribution in [0.25, 0.3) is 0 Å². The smallest absolute Gasteiger partial charge is 0.186 e. The largest absolute Gasteiger partial charge is 0.346 e. The number of ether oxygens (including phenoxy) is 2. The highest BCUT2D eigenvalue weighted by Crippen LogP contribution is 2.28. The molecule has 0 aromatic heterocycles. The third-order valence-corrected chi connectivity index (χ3v) is 2.80. The van der Waals surface area contributed by atoms with Crippen LogP contribution in [0.1, 0.15) is 11.9 Å². The Kier molecular flexibility index (Phi) is 3.05. The maximum atomic E-state index is 13.4. The van der Waals surface area contributed by atoms with Crippen molar-refractivity contribution in [2.75, 3.05) is 19.5 Å². The fraction of sp³-hybridized carbons (Fsp3) is 0.400. The van der Waals surface area contributed by atoms with E-state index in [4.69, 9.17) is 9.47 Å². The summed E-state index contributed by atoms with van der Waals surface area (Å²) in [6, 6.07) is 4.97. The van der Waals surface area contributed by atoms with Crippen molar-refractivity contribution in [3.05, 3.63) is 29.6 Å². The van der Waals surface area contributed by atoms with Gasteiger partial charge < -0.3 is 9.47 Å². The monoisotopic (exact) mass is 214 g/mol. The number of rotatable bonds is 2. The molecule has 0 spiro atoms. The second kappa shape index (κ2) is 4.29. The molecule has 0 atom stereocenters. The Bertz CT molecular complexity index is 324. The normalized spacial score (nSPS) is 17.6. The standard InChI is InChI=1S/C10H11FO2S/c1-14-7-2-3-9(11)8(6-7)10-12-4-5-13-10/h2-3,6,10H,4-5H2,1H3. The summed E-state index contributed by atoms with van der Waals surface area (Å²) in [5.41, 5.74) is 0.495. The zero-order valence-electron chi connectivity index (χ0n) is 7.83. The van der Waals surface area contributed by atoms with E-state index in [2.05, 4.69) is 0 Å². The highest BCUT2D eigenvalue weighted by Gasteiger charge is 2.21. The third kappa shape index (κ3) is 1.92. The molecule has 0 radical (unpaired) electrons. The fourth-order valence-corrected chi connectivity index (χ4v) is 1.82. The highest BCUT2D eigenvalue weighted by atomic mass is 32.2. The van der Waals surface area contributed by atoms with Gasteiger partial charge in [-0.25, -0.2) is 4.39 Å². The van der Waals surface area contributed by atoms with Gasteiger partial charge in [0, 0.05) is 10.5 Å². The number of hydrogen-bond acceptors (Lipinski definition) is 3. The van der Waals surface area contributed by atoms with E-state index in [1.54, 1.807) is 23.9 Å². The van der Waals surface area contributed by atoms with Gasteiger partial charge in [-0.05, 0) is 24.5 Å². The van der Waals surface area contributed by atoms with Gasteiger partial charge in [0.05, 0.1) is 13.2 Å². The van der Waals surface area contributed by atoms with Gasteiger partial charge in [-0.2, -0.15) is 0 Å². The van der Waals surface area contributed by atoms with E-state index in [1.807, 2.05) is 6.26 Å². The molecule has 1 aliphatic rings. The van der Waals surface area contributed by atoms with Crippen molar-refractivity contribution < 1.29 is 13.9 Å². The molecule has 0 amide bonds. The number of thioether (sulfide) groups is 1. The molecule has 0 saturated carbocycles. The molecule has 1 aliphatic heterocycles. The first-order chi connectivity index (χ1) is 6.81. The minimum absolute atomic E-state index is 0.269. The van der Waals surface area contributed by atoms with Gasteiger partial charge >= 0.3 is 0 Å². The molecule has 76 valence electrons.